The van der Waals surface area contributed by atoms with Crippen LogP contribution >= 0.6 is 0 Å². The van der Waals surface area contributed by atoms with Gasteiger partial charge in [0.05, 0.1) is 13.2 Å². The third-order valence-electron chi connectivity index (χ3n) is 1.78. The third kappa shape index (κ3) is 8.33. The van der Waals surface area contributed by atoms with Crippen LogP contribution in [0.2, 0.25) is 0 Å². The second kappa shape index (κ2) is 11.6. The van der Waals surface area contributed by atoms with Gasteiger partial charge >= 0.3 is 11.9 Å². The number of esters is 2. The molecule has 0 aromatic carbocycles. The Bertz CT molecular complexity index is 295. The molecule has 0 aromatic heterocycles. The first-order valence-electron chi connectivity index (χ1n) is 5.72. The zero-order valence-electron chi connectivity index (χ0n) is 11.6. The highest BCUT2D eigenvalue weighted by Gasteiger charge is 2.05. The lowest BCUT2D eigenvalue weighted by atomic mass is 10.2. The van der Waals surface area contributed by atoms with Crippen LogP contribution in [0.4, 0.5) is 0 Å². The fourth-order valence-electron chi connectivity index (χ4n) is 0.876. The Morgan fingerprint density at radius 1 is 0.889 bits per heavy atom. The lowest BCUT2D eigenvalue weighted by Gasteiger charge is -2.01. The van der Waals surface area contributed by atoms with E-state index in [1.165, 1.54) is 0 Å². The van der Waals surface area contributed by atoms with Gasteiger partial charge in [-0.15, -0.1) is 13.2 Å². The zero-order chi connectivity index (χ0) is 14.6. The summed E-state index contributed by atoms with van der Waals surface area (Å²) in [5.41, 5.74) is 0.899. The van der Waals surface area contributed by atoms with Crippen molar-refractivity contribution in [3.05, 3.63) is 36.5 Å². The van der Waals surface area contributed by atoms with Crippen molar-refractivity contribution in [2.24, 2.45) is 0 Å². The van der Waals surface area contributed by atoms with Crippen LogP contribution in [-0.2, 0) is 19.1 Å². The van der Waals surface area contributed by atoms with Crippen molar-refractivity contribution in [2.45, 2.75) is 27.7 Å². The van der Waals surface area contributed by atoms with E-state index < -0.39 is 0 Å². The summed E-state index contributed by atoms with van der Waals surface area (Å²) < 4.78 is 9.58. The van der Waals surface area contributed by atoms with Crippen molar-refractivity contribution >= 4 is 11.9 Å². The molecule has 0 amide bonds. The fraction of sp³-hybridized carbons (Fsp3) is 0.429. The Morgan fingerprint density at radius 2 is 1.17 bits per heavy atom. The van der Waals surface area contributed by atoms with Crippen molar-refractivity contribution in [2.75, 3.05) is 13.2 Å². The van der Waals surface area contributed by atoms with Crippen molar-refractivity contribution in [1.82, 2.24) is 0 Å². The summed E-state index contributed by atoms with van der Waals surface area (Å²) >= 11 is 0. The summed E-state index contributed by atoms with van der Waals surface area (Å²) in [6.45, 7) is 13.4. The molecule has 0 N–H and O–H groups in total. The molecule has 0 fully saturated rings. The van der Waals surface area contributed by atoms with E-state index in [1.807, 2.05) is 0 Å². The summed E-state index contributed by atoms with van der Waals surface area (Å²) in [6, 6.07) is 0. The van der Waals surface area contributed by atoms with E-state index in [9.17, 15) is 9.59 Å². The van der Waals surface area contributed by atoms with E-state index in [1.54, 1.807) is 39.8 Å². The van der Waals surface area contributed by atoms with Gasteiger partial charge in [0.1, 0.15) is 0 Å². The van der Waals surface area contributed by atoms with Gasteiger partial charge in [0.15, 0.2) is 0 Å². The molecule has 0 spiro atoms. The van der Waals surface area contributed by atoms with Crippen LogP contribution in [0, 0.1) is 0 Å². The minimum atomic E-state index is -0.379. The molecule has 0 aliphatic heterocycles. The van der Waals surface area contributed by atoms with Gasteiger partial charge in [0, 0.05) is 11.1 Å². The second-order valence-electron chi connectivity index (χ2n) is 3.14. The molecule has 0 atom stereocenters. The van der Waals surface area contributed by atoms with Gasteiger partial charge in [-0.1, -0.05) is 12.2 Å². The fourth-order valence-corrected chi connectivity index (χ4v) is 0.876. The maximum absolute atomic E-state index is 11.2. The third-order valence-corrected chi connectivity index (χ3v) is 1.78. The predicted molar refractivity (Wildman–Crippen MR) is 72.0 cm³/mol. The lowest BCUT2D eigenvalue weighted by molar-refractivity contribution is -0.139. The van der Waals surface area contributed by atoms with E-state index in [-0.39, 0.29) is 11.9 Å². The molecule has 18 heavy (non-hydrogen) atoms. The minimum absolute atomic E-state index is 0.338. The highest BCUT2D eigenvalue weighted by molar-refractivity contribution is 5.90. The number of ether oxygens (including phenoxy) is 2. The molecular formula is C14H22O4. The molecule has 0 saturated carbocycles. The highest BCUT2D eigenvalue weighted by Crippen LogP contribution is 2.02. The van der Waals surface area contributed by atoms with Crippen LogP contribution in [0.5, 0.6) is 0 Å². The molecule has 0 bridgehead atoms. The molecule has 0 rings (SSSR count). The van der Waals surface area contributed by atoms with Crippen molar-refractivity contribution < 1.29 is 19.1 Å². The molecule has 0 unspecified atom stereocenters. The zero-order valence-corrected chi connectivity index (χ0v) is 11.6. The van der Waals surface area contributed by atoms with Gasteiger partial charge < -0.3 is 9.47 Å². The quantitative estimate of drug-likeness (QED) is 0.327. The van der Waals surface area contributed by atoms with Crippen LogP contribution in [0.25, 0.3) is 0 Å². The van der Waals surface area contributed by atoms with Gasteiger partial charge in [-0.3, -0.25) is 0 Å². The molecule has 4 heteroatoms. The van der Waals surface area contributed by atoms with E-state index >= 15 is 0 Å². The van der Waals surface area contributed by atoms with E-state index in [0.29, 0.717) is 24.4 Å². The van der Waals surface area contributed by atoms with Gasteiger partial charge in [-0.2, -0.15) is 0 Å². The van der Waals surface area contributed by atoms with Crippen molar-refractivity contribution in [1.29, 1.82) is 0 Å². The van der Waals surface area contributed by atoms with Crippen molar-refractivity contribution in [3.63, 3.8) is 0 Å². The first kappa shape index (κ1) is 18.5. The lowest BCUT2D eigenvalue weighted by Crippen LogP contribution is -2.06. The number of hydrogen-bond donors (Lipinski definition) is 0. The first-order valence-corrected chi connectivity index (χ1v) is 5.72. The Hall–Kier alpha value is -1.84. The Labute approximate surface area is 109 Å². The second-order valence-corrected chi connectivity index (χ2v) is 3.14. The summed E-state index contributed by atoms with van der Waals surface area (Å²) in [4.78, 5) is 22.4. The summed E-state index contributed by atoms with van der Waals surface area (Å²) in [5, 5.41) is 0. The largest absolute Gasteiger partial charge is 0.463 e. The molecule has 0 aromatic rings. The summed E-state index contributed by atoms with van der Waals surface area (Å²) in [6.07, 6.45) is 3.09. The average Bonchev–Trinajstić information content (AvgIpc) is 2.38. The highest BCUT2D eigenvalue weighted by atomic mass is 16.5. The molecule has 4 nitrogen and oxygen atoms in total. The van der Waals surface area contributed by atoms with Crippen molar-refractivity contribution in [3.8, 4) is 0 Å². The van der Waals surface area contributed by atoms with Gasteiger partial charge in [-0.05, 0) is 27.7 Å². The molecule has 0 aliphatic carbocycles. The topological polar surface area (TPSA) is 52.6 Å². The normalized spacial score (nSPS) is 11.1. The van der Waals surface area contributed by atoms with Crippen LogP contribution in [0.1, 0.15) is 27.7 Å². The SMILES string of the molecule is C=C.CCOC(=O)/C(C)=C/C=C(\C)C(=O)OCC. The monoisotopic (exact) mass is 254 g/mol. The number of rotatable bonds is 5. The Balaban J connectivity index is 0. The number of allylic oxidation sites excluding steroid dienone is 2. The van der Waals surface area contributed by atoms with E-state index in [2.05, 4.69) is 13.2 Å². The van der Waals surface area contributed by atoms with Gasteiger partial charge in [0.25, 0.3) is 0 Å². The van der Waals surface area contributed by atoms with Crippen LogP contribution in [-0.4, -0.2) is 25.2 Å². The van der Waals surface area contributed by atoms with E-state index in [0.717, 1.165) is 0 Å². The van der Waals surface area contributed by atoms with Crippen LogP contribution in [0.3, 0.4) is 0 Å². The summed E-state index contributed by atoms with van der Waals surface area (Å²) in [7, 11) is 0. The molecule has 0 heterocycles. The molecule has 0 aliphatic rings. The average molecular weight is 254 g/mol. The predicted octanol–water partition coefficient (Wildman–Crippen LogP) is 2.81. The maximum atomic E-state index is 11.2. The van der Waals surface area contributed by atoms with Gasteiger partial charge in [-0.25, -0.2) is 9.59 Å². The number of carbonyl (C=O) groups is 2. The number of hydrogen-bond acceptors (Lipinski definition) is 4. The number of carbonyl (C=O) groups excluding carboxylic acids is 2. The summed E-state index contributed by atoms with van der Waals surface area (Å²) in [5.74, 6) is -0.759. The Morgan fingerprint density at radius 3 is 1.39 bits per heavy atom. The molecule has 0 radical (unpaired) electrons. The van der Waals surface area contributed by atoms with E-state index in [4.69, 9.17) is 9.47 Å². The first-order chi connectivity index (χ1) is 8.52. The van der Waals surface area contributed by atoms with Crippen LogP contribution in [0.15, 0.2) is 36.5 Å². The maximum Gasteiger partial charge on any atom is 0.333 e. The Kier molecular flexibility index (Phi) is 12.0. The standard InChI is InChI=1S/C12H18O4.C2H4/c1-5-15-11(13)9(3)7-8-10(4)12(14)16-6-2;1-2/h7-8H,5-6H2,1-4H3;1-2H2/b9-7+,10-8+;. The molecule has 102 valence electrons. The van der Waals surface area contributed by atoms with Gasteiger partial charge in [0.2, 0.25) is 0 Å². The minimum Gasteiger partial charge on any atom is -0.463 e. The smallest absolute Gasteiger partial charge is 0.333 e. The van der Waals surface area contributed by atoms with Crippen LogP contribution < -0.4 is 0 Å². The molecular weight excluding hydrogens is 232 g/mol. The molecule has 0 saturated heterocycles.